The van der Waals surface area contributed by atoms with E-state index in [1.54, 1.807) is 6.92 Å². The summed E-state index contributed by atoms with van der Waals surface area (Å²) in [6.07, 6.45) is 6.53. The maximum absolute atomic E-state index is 12.3. The molecule has 4 rings (SSSR count). The molecule has 0 aromatic carbocycles. The third-order valence-corrected chi connectivity index (χ3v) is 5.09. The van der Waals surface area contributed by atoms with E-state index in [1.807, 2.05) is 4.90 Å². The number of amides is 2. The zero-order chi connectivity index (χ0) is 13.7. The lowest BCUT2D eigenvalue weighted by Crippen LogP contribution is -2.71. The highest BCUT2D eigenvalue weighted by Crippen LogP contribution is 2.59. The largest absolute Gasteiger partial charge is 0.337 e. The molecule has 1 aromatic rings. The molecule has 1 atom stereocenters. The average molecular weight is 276 g/mol. The first-order valence-corrected chi connectivity index (χ1v) is 7.52. The van der Waals surface area contributed by atoms with Gasteiger partial charge in [-0.3, -0.25) is 0 Å². The molecule has 1 saturated heterocycles. The van der Waals surface area contributed by atoms with Gasteiger partial charge >= 0.3 is 6.03 Å². The molecule has 0 bridgehead atoms. The van der Waals surface area contributed by atoms with Crippen LogP contribution in [-0.2, 0) is 6.54 Å². The molecule has 1 aliphatic heterocycles. The van der Waals surface area contributed by atoms with Crippen LogP contribution < -0.4 is 5.32 Å². The molecule has 6 nitrogen and oxygen atoms in total. The fraction of sp³-hybridized carbons (Fsp3) is 0.786. The number of carbonyl (C=O) groups excluding carboxylic acids is 1. The van der Waals surface area contributed by atoms with Crippen LogP contribution in [0.2, 0.25) is 0 Å². The molecule has 1 unspecified atom stereocenters. The summed E-state index contributed by atoms with van der Waals surface area (Å²) in [5.74, 6) is 1.82. The molecule has 20 heavy (non-hydrogen) atoms. The molecule has 2 saturated carbocycles. The lowest BCUT2D eigenvalue weighted by molar-refractivity contribution is -0.107. The Morgan fingerprint density at radius 2 is 2.30 bits per heavy atom. The Labute approximate surface area is 117 Å². The molecule has 1 aromatic heterocycles. The van der Waals surface area contributed by atoms with Crippen LogP contribution in [0.4, 0.5) is 4.79 Å². The number of aromatic nitrogens is 2. The van der Waals surface area contributed by atoms with Crippen molar-refractivity contribution < 1.29 is 9.32 Å². The standard InChI is InChI=1S/C14H20N4O2/c1-9-16-11(20-17-9)7-15-13(19)18-8-14(5-2-6-14)12(18)10-3-4-10/h10,12H,2-8H2,1H3,(H,15,19). The minimum atomic E-state index is 0.0234. The summed E-state index contributed by atoms with van der Waals surface area (Å²) in [6, 6.07) is 0.510. The molecular weight excluding hydrogens is 256 g/mol. The number of carbonyl (C=O) groups is 1. The zero-order valence-corrected chi connectivity index (χ0v) is 11.8. The van der Waals surface area contributed by atoms with Gasteiger partial charge in [-0.15, -0.1) is 0 Å². The molecule has 108 valence electrons. The van der Waals surface area contributed by atoms with E-state index in [1.165, 1.54) is 32.1 Å². The highest BCUT2D eigenvalue weighted by Gasteiger charge is 2.61. The predicted octanol–water partition coefficient (Wildman–Crippen LogP) is 1.85. The van der Waals surface area contributed by atoms with Gasteiger partial charge in [0.05, 0.1) is 6.54 Å². The van der Waals surface area contributed by atoms with Crippen molar-refractivity contribution in [3.05, 3.63) is 11.7 Å². The second-order valence-corrected chi connectivity index (χ2v) is 6.52. The lowest BCUT2D eigenvalue weighted by Gasteiger charge is -2.62. The third-order valence-electron chi connectivity index (χ3n) is 5.09. The van der Waals surface area contributed by atoms with Gasteiger partial charge in [0, 0.05) is 18.0 Å². The maximum atomic E-state index is 12.3. The number of hydrogen-bond acceptors (Lipinski definition) is 4. The molecule has 2 aliphatic carbocycles. The van der Waals surface area contributed by atoms with E-state index >= 15 is 0 Å². The minimum Gasteiger partial charge on any atom is -0.337 e. The zero-order valence-electron chi connectivity index (χ0n) is 11.8. The summed E-state index contributed by atoms with van der Waals surface area (Å²) >= 11 is 0. The second kappa shape index (κ2) is 4.20. The van der Waals surface area contributed by atoms with Gasteiger partial charge in [0.15, 0.2) is 5.82 Å². The maximum Gasteiger partial charge on any atom is 0.318 e. The molecule has 3 aliphatic rings. The Bertz CT molecular complexity index is 533. The van der Waals surface area contributed by atoms with E-state index in [4.69, 9.17) is 4.52 Å². The van der Waals surface area contributed by atoms with Crippen LogP contribution in [0.1, 0.15) is 43.8 Å². The van der Waals surface area contributed by atoms with E-state index in [9.17, 15) is 4.79 Å². The monoisotopic (exact) mass is 276 g/mol. The predicted molar refractivity (Wildman–Crippen MR) is 70.8 cm³/mol. The number of nitrogens with one attached hydrogen (secondary N) is 1. The Morgan fingerprint density at radius 1 is 1.50 bits per heavy atom. The molecule has 1 N–H and O–H groups in total. The van der Waals surface area contributed by atoms with Gasteiger partial charge < -0.3 is 14.7 Å². The van der Waals surface area contributed by atoms with Gasteiger partial charge in [-0.25, -0.2) is 4.79 Å². The molecule has 0 radical (unpaired) electrons. The Balaban J connectivity index is 1.36. The molecule has 1 spiro atoms. The Hall–Kier alpha value is -1.59. The van der Waals surface area contributed by atoms with Crippen molar-refractivity contribution in [2.75, 3.05) is 6.54 Å². The number of rotatable bonds is 3. The summed E-state index contributed by atoms with van der Waals surface area (Å²) in [7, 11) is 0. The van der Waals surface area contributed by atoms with Crippen molar-refractivity contribution in [3.63, 3.8) is 0 Å². The summed E-state index contributed by atoms with van der Waals surface area (Å²) < 4.78 is 5.01. The number of hydrogen-bond donors (Lipinski definition) is 1. The number of nitrogens with zero attached hydrogens (tertiary/aromatic N) is 3. The molecule has 6 heteroatoms. The highest BCUT2D eigenvalue weighted by atomic mass is 16.5. The van der Waals surface area contributed by atoms with Crippen LogP contribution >= 0.6 is 0 Å². The summed E-state index contributed by atoms with van der Waals surface area (Å²) in [5.41, 5.74) is 0.472. The fourth-order valence-electron chi connectivity index (χ4n) is 3.86. The van der Waals surface area contributed by atoms with E-state index in [0.29, 0.717) is 29.7 Å². The molecule has 2 amide bonds. The van der Waals surface area contributed by atoms with E-state index < -0.39 is 0 Å². The average Bonchev–Trinajstić information content (AvgIpc) is 3.05. The summed E-state index contributed by atoms with van der Waals surface area (Å²) in [6.45, 7) is 3.02. The van der Waals surface area contributed by atoms with Crippen LogP contribution in [0.3, 0.4) is 0 Å². The molecule has 3 fully saturated rings. The SMILES string of the molecule is Cc1noc(CNC(=O)N2CC3(CCC3)C2C2CC2)n1. The van der Waals surface area contributed by atoms with Crippen LogP contribution in [0.15, 0.2) is 4.52 Å². The third kappa shape index (κ3) is 1.81. The lowest BCUT2D eigenvalue weighted by atomic mass is 9.57. The van der Waals surface area contributed by atoms with Gasteiger partial charge in [-0.05, 0) is 38.5 Å². The van der Waals surface area contributed by atoms with Crippen molar-refractivity contribution >= 4 is 6.03 Å². The minimum absolute atomic E-state index is 0.0234. The topological polar surface area (TPSA) is 71.3 Å². The van der Waals surface area contributed by atoms with Crippen molar-refractivity contribution in [2.45, 2.75) is 51.6 Å². The highest BCUT2D eigenvalue weighted by molar-refractivity contribution is 5.76. The summed E-state index contributed by atoms with van der Waals surface area (Å²) in [4.78, 5) is 18.4. The Morgan fingerprint density at radius 3 is 2.85 bits per heavy atom. The van der Waals surface area contributed by atoms with E-state index in [2.05, 4.69) is 15.5 Å². The Kier molecular flexibility index (Phi) is 2.56. The number of likely N-dealkylation sites (tertiary alicyclic amines) is 1. The quantitative estimate of drug-likeness (QED) is 0.914. The first-order chi connectivity index (χ1) is 9.68. The van der Waals surface area contributed by atoms with Crippen molar-refractivity contribution in [1.82, 2.24) is 20.4 Å². The van der Waals surface area contributed by atoms with Crippen LogP contribution in [0, 0.1) is 18.3 Å². The van der Waals surface area contributed by atoms with Gasteiger partial charge in [0.1, 0.15) is 0 Å². The van der Waals surface area contributed by atoms with E-state index in [-0.39, 0.29) is 6.03 Å². The first-order valence-electron chi connectivity index (χ1n) is 7.52. The molecular formula is C14H20N4O2. The van der Waals surface area contributed by atoms with Crippen LogP contribution in [-0.4, -0.2) is 33.7 Å². The van der Waals surface area contributed by atoms with Crippen molar-refractivity contribution in [1.29, 1.82) is 0 Å². The van der Waals surface area contributed by atoms with Crippen molar-refractivity contribution in [3.8, 4) is 0 Å². The van der Waals surface area contributed by atoms with E-state index in [0.717, 1.165) is 12.5 Å². The van der Waals surface area contributed by atoms with Gasteiger partial charge in [0.2, 0.25) is 5.89 Å². The normalized spacial score (nSPS) is 27.1. The second-order valence-electron chi connectivity index (χ2n) is 6.52. The van der Waals surface area contributed by atoms with Crippen LogP contribution in [0.25, 0.3) is 0 Å². The van der Waals surface area contributed by atoms with Gasteiger partial charge in [-0.2, -0.15) is 4.98 Å². The first kappa shape index (κ1) is 12.2. The van der Waals surface area contributed by atoms with Crippen molar-refractivity contribution in [2.24, 2.45) is 11.3 Å². The van der Waals surface area contributed by atoms with Gasteiger partial charge in [-0.1, -0.05) is 11.6 Å². The smallest absolute Gasteiger partial charge is 0.318 e. The van der Waals surface area contributed by atoms with Crippen LogP contribution in [0.5, 0.6) is 0 Å². The number of urea groups is 1. The number of aryl methyl sites for hydroxylation is 1. The summed E-state index contributed by atoms with van der Waals surface area (Å²) in [5, 5.41) is 6.62. The van der Waals surface area contributed by atoms with Gasteiger partial charge in [0.25, 0.3) is 0 Å². The molecule has 2 heterocycles. The fourth-order valence-corrected chi connectivity index (χ4v) is 3.86.